The second-order valence-corrected chi connectivity index (χ2v) is 13.6. The minimum absolute atomic E-state index is 0.0675. The number of rotatable bonds is 9. The largest absolute Gasteiger partial charge is 0.352 e. The molecule has 4 N–H and O–H groups in total. The summed E-state index contributed by atoms with van der Waals surface area (Å²) in [6, 6.07) is 22.0. The van der Waals surface area contributed by atoms with Gasteiger partial charge in [0.15, 0.2) is 0 Å². The first-order valence-corrected chi connectivity index (χ1v) is 16.4. The van der Waals surface area contributed by atoms with Crippen LogP contribution >= 0.6 is 22.7 Å². The van der Waals surface area contributed by atoms with Crippen LogP contribution in [-0.4, -0.2) is 20.2 Å². The zero-order valence-corrected chi connectivity index (χ0v) is 24.5. The van der Waals surface area contributed by atoms with E-state index in [1.807, 2.05) is 37.3 Å². The maximum absolute atomic E-state index is 13.2. The number of nitrogens with one attached hydrogen (secondary N) is 2. The van der Waals surface area contributed by atoms with Gasteiger partial charge in [-0.3, -0.25) is 9.59 Å². The molecule has 4 aromatic rings. The predicted octanol–water partition coefficient (Wildman–Crippen LogP) is 5.70. The molecule has 7 nitrogen and oxygen atoms in total. The van der Waals surface area contributed by atoms with Gasteiger partial charge >= 0.3 is 0 Å². The van der Waals surface area contributed by atoms with E-state index in [4.69, 9.17) is 5.14 Å². The van der Waals surface area contributed by atoms with Gasteiger partial charge in [-0.2, -0.15) is 0 Å². The highest BCUT2D eigenvalue weighted by Gasteiger charge is 2.38. The third-order valence-electron chi connectivity index (χ3n) is 7.29. The predicted molar refractivity (Wildman–Crippen MR) is 160 cm³/mol. The fourth-order valence-electron chi connectivity index (χ4n) is 5.19. The number of hydrogen-bond donors (Lipinski definition) is 3. The van der Waals surface area contributed by atoms with Crippen LogP contribution in [0, 0.1) is 11.8 Å². The van der Waals surface area contributed by atoms with Crippen LogP contribution in [0.5, 0.6) is 0 Å². The van der Waals surface area contributed by atoms with Gasteiger partial charge < -0.3 is 10.6 Å². The van der Waals surface area contributed by atoms with Crippen molar-refractivity contribution in [1.29, 1.82) is 0 Å². The van der Waals surface area contributed by atoms with E-state index < -0.39 is 10.0 Å². The molecule has 208 valence electrons. The highest BCUT2D eigenvalue weighted by molar-refractivity contribution is 7.89. The van der Waals surface area contributed by atoms with E-state index in [2.05, 4.69) is 34.2 Å². The first-order chi connectivity index (χ1) is 19.2. The van der Waals surface area contributed by atoms with E-state index in [1.54, 1.807) is 40.9 Å². The zero-order valence-electron chi connectivity index (χ0n) is 22.0. The average molecular weight is 594 g/mol. The van der Waals surface area contributed by atoms with Crippen molar-refractivity contribution in [3.63, 3.8) is 0 Å². The van der Waals surface area contributed by atoms with Crippen LogP contribution in [0.2, 0.25) is 0 Å². The molecular weight excluding hydrogens is 563 g/mol. The number of carbonyl (C=O) groups is 2. The van der Waals surface area contributed by atoms with Crippen molar-refractivity contribution < 1.29 is 18.0 Å². The third kappa shape index (κ3) is 6.36. The number of primary sulfonamides is 1. The Morgan fingerprint density at radius 3 is 2.35 bits per heavy atom. The molecule has 1 fully saturated rings. The van der Waals surface area contributed by atoms with Crippen molar-refractivity contribution in [2.45, 2.75) is 43.7 Å². The Kier molecular flexibility index (Phi) is 8.51. The van der Waals surface area contributed by atoms with Gasteiger partial charge in [-0.05, 0) is 60.5 Å². The van der Waals surface area contributed by atoms with Crippen molar-refractivity contribution in [3.05, 3.63) is 88.6 Å². The Morgan fingerprint density at radius 2 is 1.65 bits per heavy atom. The number of carbonyl (C=O) groups excluding carboxylic acids is 2. The normalized spacial score (nSPS) is 17.9. The molecule has 1 aliphatic carbocycles. The van der Waals surface area contributed by atoms with E-state index in [1.165, 1.54) is 15.8 Å². The van der Waals surface area contributed by atoms with Gasteiger partial charge in [0.1, 0.15) is 0 Å². The second kappa shape index (κ2) is 12.1. The van der Waals surface area contributed by atoms with Crippen LogP contribution < -0.4 is 15.8 Å². The maximum atomic E-state index is 13.2. The van der Waals surface area contributed by atoms with Gasteiger partial charge in [-0.25, -0.2) is 13.6 Å². The SMILES string of the molecule is CC(NC(=O)[C@H]1CCC[C@@H]1C(=O)NCc1ccc(-c2ccccc2S(N)(=O)=O)cc1)c1ccc(-c2cccs2)s1. The van der Waals surface area contributed by atoms with Crippen molar-refractivity contribution in [3.8, 4) is 20.9 Å². The molecule has 0 saturated heterocycles. The Morgan fingerprint density at radius 1 is 0.925 bits per heavy atom. The first-order valence-electron chi connectivity index (χ1n) is 13.1. The number of hydrogen-bond acceptors (Lipinski definition) is 6. The molecule has 1 aliphatic rings. The number of sulfonamides is 1. The van der Waals surface area contributed by atoms with Crippen LogP contribution in [0.25, 0.3) is 20.9 Å². The quantitative estimate of drug-likeness (QED) is 0.231. The fourth-order valence-corrected chi connectivity index (χ4v) is 7.80. The van der Waals surface area contributed by atoms with Crippen LogP contribution in [0.4, 0.5) is 0 Å². The molecule has 5 rings (SSSR count). The molecular formula is C30H31N3O4S3. The summed E-state index contributed by atoms with van der Waals surface area (Å²) in [5.74, 6) is -0.909. The van der Waals surface area contributed by atoms with E-state index in [-0.39, 0.29) is 34.6 Å². The summed E-state index contributed by atoms with van der Waals surface area (Å²) < 4.78 is 23.9. The Labute approximate surface area is 242 Å². The maximum Gasteiger partial charge on any atom is 0.238 e. The van der Waals surface area contributed by atoms with Gasteiger partial charge in [0.25, 0.3) is 0 Å². The Bertz CT molecular complexity index is 1600. The van der Waals surface area contributed by atoms with Crippen LogP contribution in [0.15, 0.2) is 83.1 Å². The second-order valence-electron chi connectivity index (χ2n) is 10.0. The summed E-state index contributed by atoms with van der Waals surface area (Å²) in [7, 11) is -3.86. The van der Waals surface area contributed by atoms with Crippen molar-refractivity contribution in [2.24, 2.45) is 17.0 Å². The molecule has 0 spiro atoms. The summed E-state index contributed by atoms with van der Waals surface area (Å²) in [5, 5.41) is 13.6. The minimum atomic E-state index is -3.86. The summed E-state index contributed by atoms with van der Waals surface area (Å²) in [6.07, 6.45) is 2.22. The molecule has 40 heavy (non-hydrogen) atoms. The summed E-state index contributed by atoms with van der Waals surface area (Å²) in [4.78, 5) is 29.8. The Hall–Kier alpha value is -3.31. The molecule has 2 aromatic carbocycles. The van der Waals surface area contributed by atoms with E-state index in [0.717, 1.165) is 22.4 Å². The molecule has 0 bridgehead atoms. The lowest BCUT2D eigenvalue weighted by Crippen LogP contribution is -2.40. The molecule has 1 saturated carbocycles. The van der Waals surface area contributed by atoms with Gasteiger partial charge in [0.2, 0.25) is 21.8 Å². The summed E-state index contributed by atoms with van der Waals surface area (Å²) in [5.41, 5.74) is 2.12. The molecule has 2 heterocycles. The molecule has 1 unspecified atom stereocenters. The zero-order chi connectivity index (χ0) is 28.3. The lowest BCUT2D eigenvalue weighted by Gasteiger charge is -2.21. The number of thiophene rings is 2. The highest BCUT2D eigenvalue weighted by Crippen LogP contribution is 2.36. The Balaban J connectivity index is 1.18. The lowest BCUT2D eigenvalue weighted by molar-refractivity contribution is -0.134. The summed E-state index contributed by atoms with van der Waals surface area (Å²) in [6.45, 7) is 2.30. The number of amides is 2. The van der Waals surface area contributed by atoms with Crippen molar-refractivity contribution in [2.75, 3.05) is 0 Å². The molecule has 0 radical (unpaired) electrons. The number of benzene rings is 2. The van der Waals surface area contributed by atoms with Crippen LogP contribution in [0.1, 0.15) is 42.7 Å². The van der Waals surface area contributed by atoms with Gasteiger partial charge in [0.05, 0.1) is 10.9 Å². The first kappa shape index (κ1) is 28.2. The van der Waals surface area contributed by atoms with Gasteiger partial charge in [-0.15, -0.1) is 22.7 Å². The van der Waals surface area contributed by atoms with Crippen LogP contribution in [0.3, 0.4) is 0 Å². The topological polar surface area (TPSA) is 118 Å². The standard InChI is InChI=1S/C30H31N3O4S3/c1-19(25-15-16-27(39-25)26-9-5-17-38-26)33-30(35)24-8-4-7-23(24)29(34)32-18-20-11-13-21(14-12-20)22-6-2-3-10-28(22)40(31,36)37/h2-3,5-6,9-17,19,23-24H,4,7-8,18H2,1H3,(H,32,34)(H,33,35)(H2,31,36,37)/t19?,23-,24-/m0/s1. The smallest absolute Gasteiger partial charge is 0.238 e. The fraction of sp³-hybridized carbons (Fsp3) is 0.267. The van der Waals surface area contributed by atoms with Crippen molar-refractivity contribution >= 4 is 44.5 Å². The third-order valence-corrected chi connectivity index (χ3v) is 10.6. The van der Waals surface area contributed by atoms with E-state index in [0.29, 0.717) is 24.9 Å². The molecule has 10 heteroatoms. The van der Waals surface area contributed by atoms with E-state index >= 15 is 0 Å². The monoisotopic (exact) mass is 593 g/mol. The summed E-state index contributed by atoms with van der Waals surface area (Å²) >= 11 is 3.37. The van der Waals surface area contributed by atoms with Gasteiger partial charge in [-0.1, -0.05) is 55.0 Å². The highest BCUT2D eigenvalue weighted by atomic mass is 32.2. The number of nitrogens with two attached hydrogens (primary N) is 1. The molecule has 3 atom stereocenters. The van der Waals surface area contributed by atoms with Gasteiger partial charge in [0, 0.05) is 38.6 Å². The van der Waals surface area contributed by atoms with Crippen molar-refractivity contribution in [1.82, 2.24) is 10.6 Å². The van der Waals surface area contributed by atoms with E-state index in [9.17, 15) is 18.0 Å². The average Bonchev–Trinajstić information content (AvgIpc) is 3.73. The molecule has 0 aliphatic heterocycles. The molecule has 2 aromatic heterocycles. The lowest BCUT2D eigenvalue weighted by atomic mass is 9.93. The molecule has 2 amide bonds. The minimum Gasteiger partial charge on any atom is -0.352 e. The van der Waals surface area contributed by atoms with Crippen LogP contribution in [-0.2, 0) is 26.2 Å².